The van der Waals surface area contributed by atoms with Crippen molar-refractivity contribution in [2.75, 3.05) is 37.0 Å². The molecule has 1 saturated heterocycles. The van der Waals surface area contributed by atoms with Gasteiger partial charge in [-0.25, -0.2) is 4.98 Å². The minimum atomic E-state index is -0.212. The van der Waals surface area contributed by atoms with E-state index in [1.54, 1.807) is 28.7 Å². The van der Waals surface area contributed by atoms with E-state index < -0.39 is 0 Å². The normalized spacial score (nSPS) is 16.5. The van der Waals surface area contributed by atoms with Crippen LogP contribution in [0.25, 0.3) is 11.0 Å². The molecule has 1 fully saturated rings. The molecule has 0 bridgehead atoms. The fourth-order valence-corrected chi connectivity index (χ4v) is 4.38. The Morgan fingerprint density at radius 3 is 2.83 bits per heavy atom. The topological polar surface area (TPSA) is 146 Å². The second-order valence-electron chi connectivity index (χ2n) is 8.33. The minimum Gasteiger partial charge on any atom is -0.497 e. The number of nitrogens with one attached hydrogen (secondary N) is 2. The number of anilines is 2. The first-order valence-corrected chi connectivity index (χ1v) is 11.2. The van der Waals surface area contributed by atoms with E-state index in [4.69, 9.17) is 9.47 Å². The number of aryl methyl sites for hydroxylation is 1. The molecular weight excluding hydrogens is 490 g/mol. The number of halogens is 1. The molecule has 0 aliphatic carbocycles. The quantitative estimate of drug-likeness (QED) is 0.446. The van der Waals surface area contributed by atoms with Crippen molar-refractivity contribution in [3.8, 4) is 11.5 Å². The van der Waals surface area contributed by atoms with Gasteiger partial charge in [0.25, 0.3) is 11.5 Å². The maximum absolute atomic E-state index is 12.6. The van der Waals surface area contributed by atoms with Crippen LogP contribution in [0, 0.1) is 0 Å². The molecular formula is C24H28ClN5O6. The van der Waals surface area contributed by atoms with E-state index in [9.17, 15) is 14.4 Å². The Morgan fingerprint density at radius 1 is 1.19 bits per heavy atom. The van der Waals surface area contributed by atoms with Crippen molar-refractivity contribution >= 4 is 46.6 Å². The van der Waals surface area contributed by atoms with Gasteiger partial charge in [0.05, 0.1) is 30.0 Å². The van der Waals surface area contributed by atoms with Crippen LogP contribution in [0.3, 0.4) is 0 Å². The minimum absolute atomic E-state index is 0. The molecule has 2 aliphatic rings. The van der Waals surface area contributed by atoms with Crippen LogP contribution in [0.4, 0.5) is 11.4 Å². The lowest BCUT2D eigenvalue weighted by molar-refractivity contribution is -0.118. The number of aromatic nitrogens is 2. The molecule has 3 aromatic rings. The van der Waals surface area contributed by atoms with Gasteiger partial charge in [0.2, 0.25) is 5.91 Å². The molecule has 2 aliphatic heterocycles. The molecule has 36 heavy (non-hydrogen) atoms. The van der Waals surface area contributed by atoms with Crippen LogP contribution in [0.15, 0.2) is 47.4 Å². The molecule has 5 rings (SSSR count). The molecule has 2 aromatic carbocycles. The van der Waals surface area contributed by atoms with Gasteiger partial charge in [-0.05, 0) is 43.3 Å². The summed E-state index contributed by atoms with van der Waals surface area (Å²) in [6, 6.07) is 10.8. The Bertz CT molecular complexity index is 1330. The lowest BCUT2D eigenvalue weighted by Crippen LogP contribution is -2.34. The average Bonchev–Trinajstić information content (AvgIpc) is 3.22. The predicted molar refractivity (Wildman–Crippen MR) is 137 cm³/mol. The maximum Gasteiger partial charge on any atom is 0.269 e. The highest BCUT2D eigenvalue weighted by Crippen LogP contribution is 2.33. The number of amides is 2. The second kappa shape index (κ2) is 11.4. The number of carbonyl (C=O) groups is 2. The Labute approximate surface area is 213 Å². The largest absolute Gasteiger partial charge is 0.497 e. The molecule has 0 unspecified atom stereocenters. The number of hydrogen-bond acceptors (Lipinski definition) is 7. The van der Waals surface area contributed by atoms with Crippen molar-refractivity contribution in [1.82, 2.24) is 14.9 Å². The highest BCUT2D eigenvalue weighted by atomic mass is 35.5. The van der Waals surface area contributed by atoms with Crippen LogP contribution >= 0.6 is 12.4 Å². The summed E-state index contributed by atoms with van der Waals surface area (Å²) >= 11 is 0. The van der Waals surface area contributed by atoms with E-state index in [-0.39, 0.29) is 47.9 Å². The fraction of sp³-hybridized carbons (Fsp3) is 0.333. The van der Waals surface area contributed by atoms with Crippen LogP contribution in [0.5, 0.6) is 11.5 Å². The number of nitrogens with zero attached hydrogens (tertiary/aromatic N) is 3. The Balaban J connectivity index is 0.00000180. The van der Waals surface area contributed by atoms with E-state index in [0.29, 0.717) is 49.7 Å². The average molecular weight is 518 g/mol. The smallest absolute Gasteiger partial charge is 0.269 e. The Kier molecular flexibility index (Phi) is 8.51. The Hall–Kier alpha value is -3.67. The van der Waals surface area contributed by atoms with Gasteiger partial charge in [-0.1, -0.05) is 0 Å². The van der Waals surface area contributed by atoms with Gasteiger partial charge in [0.1, 0.15) is 11.5 Å². The number of rotatable bonds is 7. The van der Waals surface area contributed by atoms with Crippen LogP contribution in [-0.4, -0.2) is 59.7 Å². The monoisotopic (exact) mass is 517 g/mol. The van der Waals surface area contributed by atoms with Gasteiger partial charge < -0.3 is 35.1 Å². The zero-order valence-corrected chi connectivity index (χ0v) is 20.5. The van der Waals surface area contributed by atoms with Crippen molar-refractivity contribution in [1.29, 1.82) is 0 Å². The fourth-order valence-electron chi connectivity index (χ4n) is 4.38. The summed E-state index contributed by atoms with van der Waals surface area (Å²) in [5.41, 5.74) is 2.60. The van der Waals surface area contributed by atoms with Crippen LogP contribution < -0.4 is 30.6 Å². The molecule has 3 heterocycles. The highest BCUT2D eigenvalue weighted by Gasteiger charge is 2.31. The summed E-state index contributed by atoms with van der Waals surface area (Å²) in [6.45, 7) is 1.70. The maximum atomic E-state index is 12.6. The lowest BCUT2D eigenvalue weighted by atomic mass is 10.2. The third-order valence-corrected chi connectivity index (χ3v) is 6.08. The molecule has 192 valence electrons. The SMILES string of the molecule is COc1ccc2ncc(=O)n(CCCN[C@@H]3CC(=O)N(c4ccc5c(c4)NC(=O)CO5)C3)c2c1.Cl.O. The first kappa shape index (κ1) is 26.9. The van der Waals surface area contributed by atoms with E-state index in [1.165, 1.54) is 6.20 Å². The first-order valence-electron chi connectivity index (χ1n) is 11.2. The van der Waals surface area contributed by atoms with Gasteiger partial charge in [-0.2, -0.15) is 0 Å². The van der Waals surface area contributed by atoms with E-state index in [0.717, 1.165) is 16.7 Å². The second-order valence-corrected chi connectivity index (χ2v) is 8.33. The number of benzene rings is 2. The summed E-state index contributed by atoms with van der Waals surface area (Å²) in [7, 11) is 1.59. The summed E-state index contributed by atoms with van der Waals surface area (Å²) in [4.78, 5) is 42.5. The molecule has 0 radical (unpaired) electrons. The van der Waals surface area contributed by atoms with Crippen molar-refractivity contribution in [2.45, 2.75) is 25.4 Å². The molecule has 11 nitrogen and oxygen atoms in total. The van der Waals surface area contributed by atoms with Gasteiger partial charge in [-0.15, -0.1) is 12.4 Å². The van der Waals surface area contributed by atoms with Gasteiger partial charge in [0, 0.05) is 37.3 Å². The third kappa shape index (κ3) is 5.43. The number of ether oxygens (including phenoxy) is 2. The summed E-state index contributed by atoms with van der Waals surface area (Å²) in [5.74, 6) is 1.08. The van der Waals surface area contributed by atoms with Gasteiger partial charge in [-0.3, -0.25) is 14.4 Å². The van der Waals surface area contributed by atoms with Crippen molar-refractivity contribution in [3.05, 3.63) is 52.9 Å². The zero-order chi connectivity index (χ0) is 23.7. The number of hydrogen-bond donors (Lipinski definition) is 2. The van der Waals surface area contributed by atoms with Crippen LogP contribution in [0.2, 0.25) is 0 Å². The predicted octanol–water partition coefficient (Wildman–Crippen LogP) is 1.12. The third-order valence-electron chi connectivity index (χ3n) is 6.08. The van der Waals surface area contributed by atoms with E-state index in [2.05, 4.69) is 15.6 Å². The molecule has 2 amide bonds. The molecule has 12 heteroatoms. The molecule has 4 N–H and O–H groups in total. The number of carbonyl (C=O) groups excluding carboxylic acids is 2. The van der Waals surface area contributed by atoms with Gasteiger partial charge >= 0.3 is 0 Å². The van der Waals surface area contributed by atoms with Crippen LogP contribution in [-0.2, 0) is 16.1 Å². The lowest BCUT2D eigenvalue weighted by Gasteiger charge is -2.22. The highest BCUT2D eigenvalue weighted by molar-refractivity contribution is 5.99. The van der Waals surface area contributed by atoms with Crippen LogP contribution in [0.1, 0.15) is 12.8 Å². The number of methoxy groups -OCH3 is 1. The summed E-state index contributed by atoms with van der Waals surface area (Å²) < 4.78 is 12.4. The first-order chi connectivity index (χ1) is 16.5. The molecule has 1 aromatic heterocycles. The van der Waals surface area contributed by atoms with Crippen molar-refractivity contribution in [2.24, 2.45) is 0 Å². The summed E-state index contributed by atoms with van der Waals surface area (Å²) in [5, 5.41) is 6.20. The van der Waals surface area contributed by atoms with E-state index >= 15 is 0 Å². The molecule has 0 saturated carbocycles. The van der Waals surface area contributed by atoms with E-state index in [1.807, 2.05) is 24.3 Å². The molecule has 0 spiro atoms. The van der Waals surface area contributed by atoms with Crippen molar-refractivity contribution in [3.63, 3.8) is 0 Å². The number of fused-ring (bicyclic) bond motifs is 2. The van der Waals surface area contributed by atoms with Crippen molar-refractivity contribution < 1.29 is 24.5 Å². The summed E-state index contributed by atoms with van der Waals surface area (Å²) in [6.07, 6.45) is 2.43. The van der Waals surface area contributed by atoms with Gasteiger partial charge in [0.15, 0.2) is 6.61 Å². The zero-order valence-electron chi connectivity index (χ0n) is 19.7. The Morgan fingerprint density at radius 2 is 2.03 bits per heavy atom. The molecule has 1 atom stereocenters. The standard InChI is InChI=1S/C24H25N5O5.ClH.H2O/c1-33-17-4-5-18-20(11-17)28(24(32)12-26-18)8-2-7-25-15-9-23(31)29(13-15)16-3-6-21-19(10-16)27-22(30)14-34-21;;/h3-6,10-12,15,25H,2,7-9,13-14H2,1H3,(H,27,30);1H;1H2/t15-;;/m1../s1.